The standard InChI is InChI=1S/C8H8F2N4O2/c9-6-1-2-7(10)5(3-6)4-12-8(11)13-14(15)16/h1-3H,4H2,(H3,11,12,13). The molecule has 0 aliphatic carbocycles. The van der Waals surface area contributed by atoms with E-state index in [9.17, 15) is 18.9 Å². The van der Waals surface area contributed by atoms with E-state index in [1.807, 2.05) is 0 Å². The van der Waals surface area contributed by atoms with Gasteiger partial charge in [0.1, 0.15) is 11.6 Å². The van der Waals surface area contributed by atoms with Crippen LogP contribution in [-0.4, -0.2) is 11.0 Å². The normalized spacial score (nSPS) is 11.2. The molecule has 6 nitrogen and oxygen atoms in total. The van der Waals surface area contributed by atoms with E-state index in [2.05, 4.69) is 4.99 Å². The van der Waals surface area contributed by atoms with Crippen LogP contribution < -0.4 is 11.2 Å². The van der Waals surface area contributed by atoms with Crippen molar-refractivity contribution in [2.24, 2.45) is 10.7 Å². The Morgan fingerprint density at radius 2 is 2.25 bits per heavy atom. The van der Waals surface area contributed by atoms with E-state index < -0.39 is 22.6 Å². The highest BCUT2D eigenvalue weighted by Crippen LogP contribution is 2.10. The highest BCUT2D eigenvalue weighted by molar-refractivity contribution is 5.76. The minimum atomic E-state index is -0.902. The number of hydrogen-bond acceptors (Lipinski definition) is 3. The molecule has 0 saturated carbocycles. The fraction of sp³-hybridized carbons (Fsp3) is 0.125. The number of nitrogens with zero attached hydrogens (tertiary/aromatic N) is 2. The maximum Gasteiger partial charge on any atom is 0.251 e. The number of nitrogens with one attached hydrogen (secondary N) is 1. The number of nitrogens with two attached hydrogens (primary N) is 1. The minimum absolute atomic E-state index is 0.0342. The van der Waals surface area contributed by atoms with E-state index in [4.69, 9.17) is 5.73 Å². The van der Waals surface area contributed by atoms with Crippen molar-refractivity contribution >= 4 is 5.96 Å². The summed E-state index contributed by atoms with van der Waals surface area (Å²) in [6, 6.07) is 2.84. The molecule has 0 saturated heterocycles. The predicted molar refractivity (Wildman–Crippen MR) is 51.8 cm³/mol. The van der Waals surface area contributed by atoms with E-state index in [-0.39, 0.29) is 12.1 Å². The van der Waals surface area contributed by atoms with Crippen LogP contribution >= 0.6 is 0 Å². The number of nitro groups is 1. The molecule has 0 atom stereocenters. The molecule has 0 amide bonds. The van der Waals surface area contributed by atoms with Crippen LogP contribution in [0, 0.1) is 21.7 Å². The number of halogens is 2. The van der Waals surface area contributed by atoms with Gasteiger partial charge < -0.3 is 5.73 Å². The van der Waals surface area contributed by atoms with Gasteiger partial charge in [-0.25, -0.2) is 23.9 Å². The lowest BCUT2D eigenvalue weighted by molar-refractivity contribution is -0.525. The average Bonchev–Trinajstić information content (AvgIpc) is 2.18. The van der Waals surface area contributed by atoms with Crippen LogP contribution in [0.3, 0.4) is 0 Å². The predicted octanol–water partition coefficient (Wildman–Crippen LogP) is 0.561. The zero-order valence-corrected chi connectivity index (χ0v) is 7.98. The number of aliphatic imine (C=N–C) groups is 1. The summed E-state index contributed by atoms with van der Waals surface area (Å²) in [5.74, 6) is -1.75. The first-order valence-corrected chi connectivity index (χ1v) is 4.14. The van der Waals surface area contributed by atoms with Crippen LogP contribution in [0.5, 0.6) is 0 Å². The van der Waals surface area contributed by atoms with Gasteiger partial charge in [-0.1, -0.05) is 5.43 Å². The molecule has 0 spiro atoms. The van der Waals surface area contributed by atoms with Crippen LogP contribution in [0.25, 0.3) is 0 Å². The van der Waals surface area contributed by atoms with Crippen LogP contribution in [0.15, 0.2) is 23.2 Å². The highest BCUT2D eigenvalue weighted by atomic mass is 19.1. The first-order valence-electron chi connectivity index (χ1n) is 4.14. The minimum Gasteiger partial charge on any atom is -0.365 e. The molecular formula is C8H8F2N4O2. The maximum absolute atomic E-state index is 13.1. The van der Waals surface area contributed by atoms with Crippen molar-refractivity contribution in [1.29, 1.82) is 0 Å². The van der Waals surface area contributed by atoms with Gasteiger partial charge in [0.2, 0.25) is 0 Å². The molecule has 8 heteroatoms. The Morgan fingerprint density at radius 3 is 2.88 bits per heavy atom. The molecule has 86 valence electrons. The molecule has 0 fully saturated rings. The Kier molecular flexibility index (Phi) is 3.70. The Bertz CT molecular complexity index is 436. The van der Waals surface area contributed by atoms with Crippen molar-refractivity contribution in [2.75, 3.05) is 0 Å². The zero-order valence-electron chi connectivity index (χ0n) is 7.98. The number of rotatable bonds is 3. The van der Waals surface area contributed by atoms with Crippen LogP contribution in [0.4, 0.5) is 8.78 Å². The van der Waals surface area contributed by atoms with Gasteiger partial charge in [0, 0.05) is 5.56 Å². The van der Waals surface area contributed by atoms with Gasteiger partial charge >= 0.3 is 0 Å². The first kappa shape index (κ1) is 11.8. The van der Waals surface area contributed by atoms with Crippen molar-refractivity contribution in [3.63, 3.8) is 0 Å². The second kappa shape index (κ2) is 5.01. The molecule has 0 bridgehead atoms. The van der Waals surface area contributed by atoms with Crippen molar-refractivity contribution in [2.45, 2.75) is 6.54 Å². The SMILES string of the molecule is NC(=NCc1cc(F)ccc1F)N[N+](=O)[O-]. The van der Waals surface area contributed by atoms with Gasteiger partial charge in [0.25, 0.3) is 5.96 Å². The lowest BCUT2D eigenvalue weighted by atomic mass is 10.2. The topological polar surface area (TPSA) is 93.5 Å². The number of hydrogen-bond donors (Lipinski definition) is 2. The second-order valence-electron chi connectivity index (χ2n) is 2.81. The summed E-state index contributed by atoms with van der Waals surface area (Å²) in [4.78, 5) is 13.4. The van der Waals surface area contributed by atoms with Gasteiger partial charge in [-0.2, -0.15) is 0 Å². The lowest BCUT2D eigenvalue weighted by Gasteiger charge is -2.00. The summed E-state index contributed by atoms with van der Waals surface area (Å²) in [7, 11) is 0. The van der Waals surface area contributed by atoms with Gasteiger partial charge in [-0.05, 0) is 18.2 Å². The first-order chi connectivity index (χ1) is 7.49. The molecule has 1 aromatic rings. The third kappa shape index (κ3) is 3.48. The maximum atomic E-state index is 13.1. The zero-order chi connectivity index (χ0) is 12.1. The van der Waals surface area contributed by atoms with E-state index in [1.54, 1.807) is 5.43 Å². The van der Waals surface area contributed by atoms with E-state index in [0.717, 1.165) is 18.2 Å². The second-order valence-corrected chi connectivity index (χ2v) is 2.81. The third-order valence-corrected chi connectivity index (χ3v) is 1.63. The lowest BCUT2D eigenvalue weighted by Crippen LogP contribution is -2.36. The fourth-order valence-corrected chi connectivity index (χ4v) is 0.964. The molecule has 0 unspecified atom stereocenters. The van der Waals surface area contributed by atoms with Crippen LogP contribution in [-0.2, 0) is 6.54 Å². The van der Waals surface area contributed by atoms with Crippen molar-refractivity contribution in [1.82, 2.24) is 5.43 Å². The number of guanidine groups is 1. The molecule has 3 N–H and O–H groups in total. The fourth-order valence-electron chi connectivity index (χ4n) is 0.964. The smallest absolute Gasteiger partial charge is 0.251 e. The molecule has 0 radical (unpaired) electrons. The average molecular weight is 230 g/mol. The molecule has 0 aliphatic heterocycles. The van der Waals surface area contributed by atoms with E-state index in [1.165, 1.54) is 0 Å². The van der Waals surface area contributed by atoms with Crippen LogP contribution in [0.2, 0.25) is 0 Å². The van der Waals surface area contributed by atoms with Crippen molar-refractivity contribution in [3.05, 3.63) is 45.5 Å². The van der Waals surface area contributed by atoms with Gasteiger partial charge in [-0.15, -0.1) is 0 Å². The summed E-state index contributed by atoms with van der Waals surface area (Å²) in [5.41, 5.74) is 6.64. The summed E-state index contributed by atoms with van der Waals surface area (Å²) >= 11 is 0. The quantitative estimate of drug-likeness (QED) is 0.343. The Morgan fingerprint density at radius 1 is 1.56 bits per heavy atom. The van der Waals surface area contributed by atoms with E-state index >= 15 is 0 Å². The molecule has 0 heterocycles. The Hall–Kier alpha value is -2.25. The molecule has 1 rings (SSSR count). The number of hydrazine groups is 1. The Balaban J connectivity index is 2.73. The van der Waals surface area contributed by atoms with Gasteiger partial charge in [0.15, 0.2) is 5.03 Å². The number of benzene rings is 1. The van der Waals surface area contributed by atoms with Gasteiger partial charge in [0.05, 0.1) is 6.54 Å². The Labute approximate surface area is 88.9 Å². The van der Waals surface area contributed by atoms with Crippen molar-refractivity contribution < 1.29 is 13.8 Å². The van der Waals surface area contributed by atoms with E-state index in [0.29, 0.717) is 0 Å². The molecular weight excluding hydrogens is 222 g/mol. The highest BCUT2D eigenvalue weighted by Gasteiger charge is 2.04. The monoisotopic (exact) mass is 230 g/mol. The molecule has 1 aromatic carbocycles. The summed E-state index contributed by atoms with van der Waals surface area (Å²) < 4.78 is 25.8. The summed E-state index contributed by atoms with van der Waals surface area (Å²) in [6.07, 6.45) is 0. The largest absolute Gasteiger partial charge is 0.365 e. The van der Waals surface area contributed by atoms with Crippen molar-refractivity contribution in [3.8, 4) is 0 Å². The summed E-state index contributed by atoms with van der Waals surface area (Å²) in [5, 5.41) is 9.04. The summed E-state index contributed by atoms with van der Waals surface area (Å²) in [6.45, 7) is -0.281. The molecule has 0 aromatic heterocycles. The van der Waals surface area contributed by atoms with Crippen LogP contribution in [0.1, 0.15) is 5.56 Å². The molecule has 0 aliphatic rings. The third-order valence-electron chi connectivity index (χ3n) is 1.63. The molecule has 16 heavy (non-hydrogen) atoms. The van der Waals surface area contributed by atoms with Gasteiger partial charge in [-0.3, -0.25) is 0 Å².